The highest BCUT2D eigenvalue weighted by Gasteiger charge is 2.22. The normalized spacial score (nSPS) is 17.4. The molecule has 5 nitrogen and oxygen atoms in total. The molecule has 0 saturated carbocycles. The van der Waals surface area contributed by atoms with Crippen LogP contribution in [0.2, 0.25) is 0 Å². The van der Waals surface area contributed by atoms with Crippen LogP contribution in [-0.2, 0) is 6.54 Å². The van der Waals surface area contributed by atoms with E-state index in [1.165, 1.54) is 5.56 Å². The van der Waals surface area contributed by atoms with E-state index in [2.05, 4.69) is 17.0 Å². The van der Waals surface area contributed by atoms with Crippen LogP contribution in [0.15, 0.2) is 48.5 Å². The van der Waals surface area contributed by atoms with Gasteiger partial charge in [-0.05, 0) is 29.8 Å². The van der Waals surface area contributed by atoms with E-state index in [4.69, 9.17) is 9.47 Å². The van der Waals surface area contributed by atoms with Gasteiger partial charge in [-0.25, -0.2) is 0 Å². The number of hydrogen-bond donors (Lipinski definition) is 0. The maximum Gasteiger partial charge on any atom is 0.253 e. The molecule has 0 bridgehead atoms. The minimum Gasteiger partial charge on any atom is -0.486 e. The van der Waals surface area contributed by atoms with E-state index in [9.17, 15) is 4.79 Å². The number of amides is 1. The lowest BCUT2D eigenvalue weighted by Crippen LogP contribution is -2.48. The molecule has 0 aromatic heterocycles. The van der Waals surface area contributed by atoms with Crippen molar-refractivity contribution < 1.29 is 14.3 Å². The van der Waals surface area contributed by atoms with Gasteiger partial charge in [0.05, 0.1) is 0 Å². The SMILES string of the molecule is O=C(c1ccccc1)N1CCN(Cc2ccc3c(c2)OCCO3)CC1. The van der Waals surface area contributed by atoms with E-state index in [-0.39, 0.29) is 5.91 Å². The highest BCUT2D eigenvalue weighted by molar-refractivity contribution is 5.94. The van der Waals surface area contributed by atoms with Crippen LogP contribution in [-0.4, -0.2) is 55.1 Å². The molecule has 2 aliphatic heterocycles. The first kappa shape index (κ1) is 16.0. The second-order valence-electron chi connectivity index (χ2n) is 6.41. The van der Waals surface area contributed by atoms with Crippen molar-refractivity contribution in [3.05, 3.63) is 59.7 Å². The van der Waals surface area contributed by atoms with E-state index in [1.807, 2.05) is 41.3 Å². The highest BCUT2D eigenvalue weighted by atomic mass is 16.6. The smallest absolute Gasteiger partial charge is 0.253 e. The van der Waals surface area contributed by atoms with E-state index in [0.29, 0.717) is 13.2 Å². The Morgan fingerprint density at radius 3 is 2.36 bits per heavy atom. The maximum atomic E-state index is 12.5. The van der Waals surface area contributed by atoms with E-state index >= 15 is 0 Å². The fourth-order valence-electron chi connectivity index (χ4n) is 3.32. The number of carbonyl (C=O) groups excluding carboxylic acids is 1. The Balaban J connectivity index is 1.34. The third-order valence-corrected chi connectivity index (χ3v) is 4.69. The monoisotopic (exact) mass is 338 g/mol. The summed E-state index contributed by atoms with van der Waals surface area (Å²) in [5.41, 5.74) is 1.98. The summed E-state index contributed by atoms with van der Waals surface area (Å²) in [5, 5.41) is 0. The Labute approximate surface area is 147 Å². The zero-order valence-electron chi connectivity index (χ0n) is 14.2. The van der Waals surface area contributed by atoms with Crippen LogP contribution in [0, 0.1) is 0 Å². The van der Waals surface area contributed by atoms with Crippen LogP contribution in [0.5, 0.6) is 11.5 Å². The lowest BCUT2D eigenvalue weighted by molar-refractivity contribution is 0.0628. The number of hydrogen-bond acceptors (Lipinski definition) is 4. The van der Waals surface area contributed by atoms with Crippen molar-refractivity contribution in [1.29, 1.82) is 0 Å². The van der Waals surface area contributed by atoms with E-state index < -0.39 is 0 Å². The van der Waals surface area contributed by atoms with Crippen molar-refractivity contribution in [2.45, 2.75) is 6.54 Å². The topological polar surface area (TPSA) is 42.0 Å². The number of rotatable bonds is 3. The van der Waals surface area contributed by atoms with Gasteiger partial charge in [0.25, 0.3) is 5.91 Å². The summed E-state index contributed by atoms with van der Waals surface area (Å²) in [7, 11) is 0. The number of nitrogens with zero attached hydrogens (tertiary/aromatic N) is 2. The van der Waals surface area contributed by atoms with Gasteiger partial charge in [-0.1, -0.05) is 24.3 Å². The molecule has 0 aliphatic carbocycles. The zero-order chi connectivity index (χ0) is 17.1. The molecule has 4 rings (SSSR count). The number of fused-ring (bicyclic) bond motifs is 1. The highest BCUT2D eigenvalue weighted by Crippen LogP contribution is 2.31. The molecule has 2 aromatic carbocycles. The molecule has 1 saturated heterocycles. The van der Waals surface area contributed by atoms with Crippen molar-refractivity contribution in [3.63, 3.8) is 0 Å². The Morgan fingerprint density at radius 2 is 1.60 bits per heavy atom. The average molecular weight is 338 g/mol. The molecular weight excluding hydrogens is 316 g/mol. The summed E-state index contributed by atoms with van der Waals surface area (Å²) in [5.74, 6) is 1.79. The lowest BCUT2D eigenvalue weighted by atomic mass is 10.1. The van der Waals surface area contributed by atoms with E-state index in [1.54, 1.807) is 0 Å². The van der Waals surface area contributed by atoms with Gasteiger partial charge in [-0.15, -0.1) is 0 Å². The number of ether oxygens (including phenoxy) is 2. The van der Waals surface area contributed by atoms with Gasteiger partial charge in [0.2, 0.25) is 0 Å². The molecule has 0 N–H and O–H groups in total. The molecule has 2 aromatic rings. The van der Waals surface area contributed by atoms with Crippen LogP contribution in [0.3, 0.4) is 0 Å². The molecule has 1 amide bonds. The second kappa shape index (κ2) is 7.15. The Hall–Kier alpha value is -2.53. The predicted molar refractivity (Wildman–Crippen MR) is 95.1 cm³/mol. The van der Waals surface area contributed by atoms with Crippen LogP contribution in [0.4, 0.5) is 0 Å². The van der Waals surface area contributed by atoms with Gasteiger partial charge in [0.1, 0.15) is 13.2 Å². The van der Waals surface area contributed by atoms with Crippen LogP contribution >= 0.6 is 0 Å². The lowest BCUT2D eigenvalue weighted by Gasteiger charge is -2.35. The summed E-state index contributed by atoms with van der Waals surface area (Å²) >= 11 is 0. The fourth-order valence-corrected chi connectivity index (χ4v) is 3.32. The summed E-state index contributed by atoms with van der Waals surface area (Å²) in [6.07, 6.45) is 0. The Bertz CT molecular complexity index is 740. The molecular formula is C20H22N2O3. The number of piperazine rings is 1. The Morgan fingerprint density at radius 1 is 0.880 bits per heavy atom. The molecule has 0 unspecified atom stereocenters. The predicted octanol–water partition coefficient (Wildman–Crippen LogP) is 2.42. The van der Waals surface area contributed by atoms with Gasteiger partial charge in [0.15, 0.2) is 11.5 Å². The van der Waals surface area contributed by atoms with Crippen LogP contribution in [0.1, 0.15) is 15.9 Å². The van der Waals surface area contributed by atoms with Crippen molar-refractivity contribution in [2.24, 2.45) is 0 Å². The first-order valence-corrected chi connectivity index (χ1v) is 8.75. The molecule has 0 atom stereocenters. The Kier molecular flexibility index (Phi) is 4.57. The average Bonchev–Trinajstić information content (AvgIpc) is 2.69. The summed E-state index contributed by atoms with van der Waals surface area (Å²) in [4.78, 5) is 16.8. The molecule has 0 radical (unpaired) electrons. The third-order valence-electron chi connectivity index (χ3n) is 4.69. The fraction of sp³-hybridized carbons (Fsp3) is 0.350. The maximum absolute atomic E-state index is 12.5. The minimum absolute atomic E-state index is 0.125. The molecule has 130 valence electrons. The van der Waals surface area contributed by atoms with Crippen molar-refractivity contribution >= 4 is 5.91 Å². The van der Waals surface area contributed by atoms with Gasteiger partial charge < -0.3 is 14.4 Å². The summed E-state index contributed by atoms with van der Waals surface area (Å²) < 4.78 is 11.2. The zero-order valence-corrected chi connectivity index (χ0v) is 14.2. The van der Waals surface area contributed by atoms with Crippen LogP contribution < -0.4 is 9.47 Å². The summed E-state index contributed by atoms with van der Waals surface area (Å²) in [6.45, 7) is 5.38. The van der Waals surface area contributed by atoms with Crippen molar-refractivity contribution in [1.82, 2.24) is 9.80 Å². The minimum atomic E-state index is 0.125. The molecule has 1 fully saturated rings. The van der Waals surface area contributed by atoms with Gasteiger partial charge >= 0.3 is 0 Å². The van der Waals surface area contributed by atoms with Gasteiger partial charge in [-0.3, -0.25) is 9.69 Å². The van der Waals surface area contributed by atoms with E-state index in [0.717, 1.165) is 49.8 Å². The standard InChI is InChI=1S/C20H22N2O3/c23-20(17-4-2-1-3-5-17)22-10-8-21(9-11-22)15-16-6-7-18-19(14-16)25-13-12-24-18/h1-7,14H,8-13,15H2. The molecule has 0 spiro atoms. The first-order chi connectivity index (χ1) is 12.3. The van der Waals surface area contributed by atoms with Crippen molar-refractivity contribution in [2.75, 3.05) is 39.4 Å². The van der Waals surface area contributed by atoms with Gasteiger partial charge in [-0.2, -0.15) is 0 Å². The summed E-state index contributed by atoms with van der Waals surface area (Å²) in [6, 6.07) is 15.6. The van der Waals surface area contributed by atoms with Gasteiger partial charge in [0, 0.05) is 38.3 Å². The van der Waals surface area contributed by atoms with Crippen molar-refractivity contribution in [3.8, 4) is 11.5 Å². The molecule has 2 heterocycles. The number of carbonyl (C=O) groups is 1. The number of benzene rings is 2. The quantitative estimate of drug-likeness (QED) is 0.862. The molecule has 2 aliphatic rings. The third kappa shape index (κ3) is 3.61. The van der Waals surface area contributed by atoms with Crippen LogP contribution in [0.25, 0.3) is 0 Å². The molecule has 5 heteroatoms. The largest absolute Gasteiger partial charge is 0.486 e. The second-order valence-corrected chi connectivity index (χ2v) is 6.41. The first-order valence-electron chi connectivity index (χ1n) is 8.75. The molecule has 25 heavy (non-hydrogen) atoms.